The second kappa shape index (κ2) is 2.55. The zero-order valence-electron chi connectivity index (χ0n) is 4.88. The molecule has 3 nitrogen and oxygen atoms in total. The van der Waals surface area contributed by atoms with Gasteiger partial charge in [-0.15, -0.1) is 11.8 Å². The lowest BCUT2D eigenvalue weighted by molar-refractivity contribution is 1.07. The average Bonchev–Trinajstić information content (AvgIpc) is 2.33. The van der Waals surface area contributed by atoms with Gasteiger partial charge >= 0.3 is 0 Å². The Morgan fingerprint density at radius 1 is 1.89 bits per heavy atom. The van der Waals surface area contributed by atoms with E-state index in [1.807, 2.05) is 12.3 Å². The van der Waals surface area contributed by atoms with Gasteiger partial charge in [0.15, 0.2) is 0 Å². The quantitative estimate of drug-likeness (QED) is 0.590. The van der Waals surface area contributed by atoms with E-state index < -0.39 is 0 Å². The van der Waals surface area contributed by atoms with Gasteiger partial charge in [-0.25, -0.2) is 0 Å². The summed E-state index contributed by atoms with van der Waals surface area (Å²) in [5.41, 5.74) is 0.544. The number of nitriles is 1. The van der Waals surface area contributed by atoms with Crippen molar-refractivity contribution in [3.8, 4) is 6.07 Å². The van der Waals surface area contributed by atoms with E-state index in [1.165, 1.54) is 11.8 Å². The Hall–Kier alpha value is -0.950. The molecule has 9 heavy (non-hydrogen) atoms. The first-order chi connectivity index (χ1) is 4.38. The van der Waals surface area contributed by atoms with E-state index in [-0.39, 0.29) is 0 Å². The molecular formula is C5H5N3S. The molecule has 0 spiro atoms. The molecule has 0 atom stereocenters. The topological polar surface area (TPSA) is 52.5 Å². The van der Waals surface area contributed by atoms with Gasteiger partial charge in [0.25, 0.3) is 0 Å². The Morgan fingerprint density at radius 2 is 2.67 bits per heavy atom. The molecule has 1 aromatic rings. The molecule has 1 rings (SSSR count). The Labute approximate surface area is 57.1 Å². The van der Waals surface area contributed by atoms with Crippen LogP contribution in [0, 0.1) is 11.3 Å². The van der Waals surface area contributed by atoms with Crippen LogP contribution >= 0.6 is 11.8 Å². The Morgan fingerprint density at radius 3 is 3.11 bits per heavy atom. The predicted octanol–water partition coefficient (Wildman–Crippen LogP) is 1.00. The number of nitrogens with zero attached hydrogens (tertiary/aromatic N) is 2. The number of hydrogen-bond donors (Lipinski definition) is 1. The van der Waals surface area contributed by atoms with Crippen LogP contribution in [-0.2, 0) is 0 Å². The van der Waals surface area contributed by atoms with E-state index >= 15 is 0 Å². The van der Waals surface area contributed by atoms with Crippen LogP contribution in [0.4, 0.5) is 0 Å². The standard InChI is InChI=1S/C5H5N3S/c1-9-5-3-7-8-4(5)2-6/h3H,1H3,(H,7,8). The summed E-state index contributed by atoms with van der Waals surface area (Å²) in [7, 11) is 0. The number of nitrogens with one attached hydrogen (secondary N) is 1. The number of hydrogen-bond acceptors (Lipinski definition) is 3. The zero-order valence-corrected chi connectivity index (χ0v) is 5.70. The largest absolute Gasteiger partial charge is 0.267 e. The first-order valence-corrected chi connectivity index (χ1v) is 3.58. The highest BCUT2D eigenvalue weighted by Crippen LogP contribution is 2.15. The number of thioether (sulfide) groups is 1. The normalized spacial score (nSPS) is 8.89. The van der Waals surface area contributed by atoms with Crippen LogP contribution in [0.2, 0.25) is 0 Å². The van der Waals surface area contributed by atoms with Gasteiger partial charge in [-0.3, -0.25) is 5.10 Å². The molecule has 0 unspecified atom stereocenters. The smallest absolute Gasteiger partial charge is 0.149 e. The maximum atomic E-state index is 8.40. The summed E-state index contributed by atoms with van der Waals surface area (Å²) in [6, 6.07) is 1.99. The number of aromatic amines is 1. The molecule has 0 aliphatic heterocycles. The lowest BCUT2D eigenvalue weighted by Crippen LogP contribution is -1.73. The molecule has 0 aliphatic rings. The highest BCUT2D eigenvalue weighted by molar-refractivity contribution is 7.98. The van der Waals surface area contributed by atoms with Crippen LogP contribution in [0.5, 0.6) is 0 Å². The van der Waals surface area contributed by atoms with Crippen LogP contribution in [0.25, 0.3) is 0 Å². The molecule has 4 heteroatoms. The maximum absolute atomic E-state index is 8.40. The molecule has 1 aromatic heterocycles. The van der Waals surface area contributed by atoms with Gasteiger partial charge in [-0.05, 0) is 6.26 Å². The fraction of sp³-hybridized carbons (Fsp3) is 0.200. The van der Waals surface area contributed by atoms with Crippen molar-refractivity contribution in [1.82, 2.24) is 10.2 Å². The summed E-state index contributed by atoms with van der Waals surface area (Å²) in [5.74, 6) is 0. The Bertz CT molecular complexity index is 235. The molecule has 0 bridgehead atoms. The van der Waals surface area contributed by atoms with E-state index in [1.54, 1.807) is 6.20 Å². The van der Waals surface area contributed by atoms with Crippen LogP contribution in [0.1, 0.15) is 5.69 Å². The van der Waals surface area contributed by atoms with Crippen molar-refractivity contribution < 1.29 is 0 Å². The number of rotatable bonds is 1. The third-order valence-corrected chi connectivity index (χ3v) is 1.69. The van der Waals surface area contributed by atoms with Gasteiger partial charge in [-0.1, -0.05) is 0 Å². The molecule has 0 saturated heterocycles. The fourth-order valence-electron chi connectivity index (χ4n) is 0.510. The van der Waals surface area contributed by atoms with Gasteiger partial charge in [0, 0.05) is 0 Å². The molecule has 0 fully saturated rings. The first kappa shape index (κ1) is 6.17. The fourth-order valence-corrected chi connectivity index (χ4v) is 0.963. The molecule has 0 amide bonds. The van der Waals surface area contributed by atoms with E-state index in [0.717, 1.165) is 4.90 Å². The lowest BCUT2D eigenvalue weighted by Gasteiger charge is -1.83. The van der Waals surface area contributed by atoms with Crippen molar-refractivity contribution in [3.63, 3.8) is 0 Å². The summed E-state index contributed by atoms with van der Waals surface area (Å²) in [4.78, 5) is 0.900. The van der Waals surface area contributed by atoms with E-state index in [0.29, 0.717) is 5.69 Å². The van der Waals surface area contributed by atoms with Gasteiger partial charge in [-0.2, -0.15) is 10.4 Å². The highest BCUT2D eigenvalue weighted by Gasteiger charge is 1.99. The van der Waals surface area contributed by atoms with E-state index in [4.69, 9.17) is 5.26 Å². The molecule has 46 valence electrons. The summed E-state index contributed by atoms with van der Waals surface area (Å²) in [5, 5.41) is 14.7. The van der Waals surface area contributed by atoms with Gasteiger partial charge < -0.3 is 0 Å². The molecule has 1 heterocycles. The average molecular weight is 139 g/mol. The van der Waals surface area contributed by atoms with Crippen LogP contribution in [-0.4, -0.2) is 16.5 Å². The summed E-state index contributed by atoms with van der Waals surface area (Å²) in [6.45, 7) is 0. The third-order valence-electron chi connectivity index (χ3n) is 0.936. The summed E-state index contributed by atoms with van der Waals surface area (Å²) >= 11 is 1.51. The lowest BCUT2D eigenvalue weighted by atomic mass is 10.5. The second-order valence-electron chi connectivity index (χ2n) is 1.43. The van der Waals surface area contributed by atoms with Gasteiger partial charge in [0.2, 0.25) is 0 Å². The SMILES string of the molecule is CSc1cn[nH]c1C#N. The maximum Gasteiger partial charge on any atom is 0.149 e. The minimum Gasteiger partial charge on any atom is -0.267 e. The monoisotopic (exact) mass is 139 g/mol. The number of aromatic nitrogens is 2. The molecular weight excluding hydrogens is 134 g/mol. The van der Waals surface area contributed by atoms with Crippen molar-refractivity contribution in [1.29, 1.82) is 5.26 Å². The van der Waals surface area contributed by atoms with Crippen LogP contribution < -0.4 is 0 Å². The summed E-state index contributed by atoms with van der Waals surface area (Å²) < 4.78 is 0. The minimum absolute atomic E-state index is 0.544. The van der Waals surface area contributed by atoms with Gasteiger partial charge in [0.1, 0.15) is 11.8 Å². The predicted molar refractivity (Wildman–Crippen MR) is 35.1 cm³/mol. The van der Waals surface area contributed by atoms with Crippen LogP contribution in [0.3, 0.4) is 0 Å². The summed E-state index contributed by atoms with van der Waals surface area (Å²) in [6.07, 6.45) is 3.55. The number of H-pyrrole nitrogens is 1. The highest BCUT2D eigenvalue weighted by atomic mass is 32.2. The second-order valence-corrected chi connectivity index (χ2v) is 2.27. The van der Waals surface area contributed by atoms with Gasteiger partial charge in [0.05, 0.1) is 11.1 Å². The van der Waals surface area contributed by atoms with Crippen LogP contribution in [0.15, 0.2) is 11.1 Å². The Balaban J connectivity index is 3.02. The van der Waals surface area contributed by atoms with Crippen molar-refractivity contribution in [2.45, 2.75) is 4.90 Å². The molecule has 0 aliphatic carbocycles. The molecule has 0 radical (unpaired) electrons. The Kier molecular flexibility index (Phi) is 1.75. The van der Waals surface area contributed by atoms with Crippen molar-refractivity contribution in [3.05, 3.63) is 11.9 Å². The van der Waals surface area contributed by atoms with Crippen molar-refractivity contribution in [2.24, 2.45) is 0 Å². The van der Waals surface area contributed by atoms with Crippen molar-refractivity contribution in [2.75, 3.05) is 6.26 Å². The molecule has 0 aromatic carbocycles. The zero-order chi connectivity index (χ0) is 6.69. The first-order valence-electron chi connectivity index (χ1n) is 2.36. The minimum atomic E-state index is 0.544. The van der Waals surface area contributed by atoms with E-state index in [2.05, 4.69) is 10.2 Å². The molecule has 1 N–H and O–H groups in total. The van der Waals surface area contributed by atoms with Crippen molar-refractivity contribution >= 4 is 11.8 Å². The third kappa shape index (κ3) is 1.06. The molecule has 0 saturated carbocycles. The van der Waals surface area contributed by atoms with E-state index in [9.17, 15) is 0 Å².